The number of phenols is 1. The number of halogens is 1. The average Bonchev–Trinajstić information content (AvgIpc) is 2.30. The molecule has 0 saturated heterocycles. The fourth-order valence-electron chi connectivity index (χ4n) is 1.65. The molecule has 0 bridgehead atoms. The number of rotatable bonds is 3. The third kappa shape index (κ3) is 3.26. The Morgan fingerprint density at radius 3 is 2.58 bits per heavy atom. The number of hydrogen-bond acceptors (Lipinski definition) is 3. The molecule has 2 aromatic rings. The topological polar surface area (TPSA) is 72.6 Å². The lowest BCUT2D eigenvalue weighted by Gasteiger charge is -2.09. The number of carbonyl (C=O) groups excluding carboxylic acids is 1. The van der Waals surface area contributed by atoms with Crippen LogP contribution in [-0.2, 0) is 0 Å². The van der Waals surface area contributed by atoms with E-state index in [4.69, 9.17) is 10.5 Å². The minimum atomic E-state index is -0.500. The van der Waals surface area contributed by atoms with E-state index < -0.39 is 5.91 Å². The molecule has 3 N–H and O–H groups in total. The van der Waals surface area contributed by atoms with Crippen LogP contribution >= 0.6 is 15.9 Å². The molecule has 19 heavy (non-hydrogen) atoms. The normalized spacial score (nSPS) is 10.2. The summed E-state index contributed by atoms with van der Waals surface area (Å²) in [4.78, 5) is 11.0. The van der Waals surface area contributed by atoms with Crippen LogP contribution in [0, 0.1) is 6.92 Å². The van der Waals surface area contributed by atoms with Crippen molar-refractivity contribution < 1.29 is 14.6 Å². The lowest BCUT2D eigenvalue weighted by molar-refractivity contribution is 0.1000. The molecule has 0 heterocycles. The highest BCUT2D eigenvalue weighted by atomic mass is 79.9. The van der Waals surface area contributed by atoms with Gasteiger partial charge in [-0.25, -0.2) is 0 Å². The van der Waals surface area contributed by atoms with Crippen LogP contribution in [0.25, 0.3) is 0 Å². The van der Waals surface area contributed by atoms with E-state index in [1.807, 2.05) is 6.92 Å². The molecule has 0 radical (unpaired) electrons. The Kier molecular flexibility index (Phi) is 3.76. The number of benzene rings is 2. The molecule has 0 aliphatic carbocycles. The van der Waals surface area contributed by atoms with E-state index in [0.29, 0.717) is 21.5 Å². The molecule has 0 aliphatic heterocycles. The molecular weight excluding hydrogens is 310 g/mol. The van der Waals surface area contributed by atoms with Gasteiger partial charge in [-0.3, -0.25) is 4.79 Å². The largest absolute Gasteiger partial charge is 0.508 e. The van der Waals surface area contributed by atoms with Gasteiger partial charge in [-0.15, -0.1) is 0 Å². The summed E-state index contributed by atoms with van der Waals surface area (Å²) in [6, 6.07) is 9.77. The Morgan fingerprint density at radius 1 is 1.26 bits per heavy atom. The minimum Gasteiger partial charge on any atom is -0.508 e. The summed E-state index contributed by atoms with van der Waals surface area (Å²) in [5, 5.41) is 9.51. The zero-order chi connectivity index (χ0) is 14.0. The summed E-state index contributed by atoms with van der Waals surface area (Å²) in [6.07, 6.45) is 0. The van der Waals surface area contributed by atoms with Crippen LogP contribution in [0.5, 0.6) is 17.2 Å². The SMILES string of the molecule is Cc1cc(O)cc(Oc2ccc(C(N)=O)cc2Br)c1. The number of primary amides is 1. The van der Waals surface area contributed by atoms with E-state index in [1.165, 1.54) is 6.07 Å². The standard InChI is InChI=1S/C14H12BrNO3/c1-8-4-10(17)7-11(5-8)19-13-3-2-9(14(16)18)6-12(13)15/h2-7,17H,1H3,(H2,16,18). The number of amides is 1. The molecule has 0 saturated carbocycles. The number of phenolic OH excluding ortho intramolecular Hbond substituents is 1. The summed E-state index contributed by atoms with van der Waals surface area (Å²) < 4.78 is 6.26. The van der Waals surface area contributed by atoms with Crippen LogP contribution < -0.4 is 10.5 Å². The molecule has 2 rings (SSSR count). The van der Waals surface area contributed by atoms with Gasteiger partial charge in [-0.05, 0) is 58.7 Å². The van der Waals surface area contributed by atoms with E-state index in [-0.39, 0.29) is 5.75 Å². The molecule has 0 atom stereocenters. The van der Waals surface area contributed by atoms with Crippen molar-refractivity contribution in [3.63, 3.8) is 0 Å². The zero-order valence-electron chi connectivity index (χ0n) is 10.2. The van der Waals surface area contributed by atoms with Crippen molar-refractivity contribution in [3.05, 3.63) is 52.0 Å². The van der Waals surface area contributed by atoms with Gasteiger partial charge in [0.25, 0.3) is 0 Å². The predicted octanol–water partition coefficient (Wildman–Crippen LogP) is 3.35. The Morgan fingerprint density at radius 2 is 2.00 bits per heavy atom. The van der Waals surface area contributed by atoms with Gasteiger partial charge in [0.05, 0.1) is 4.47 Å². The maximum atomic E-state index is 11.0. The first-order chi connectivity index (χ1) is 8.95. The van der Waals surface area contributed by atoms with E-state index in [2.05, 4.69) is 15.9 Å². The summed E-state index contributed by atoms with van der Waals surface area (Å²) in [5.41, 5.74) is 6.47. The Labute approximate surface area is 118 Å². The summed E-state index contributed by atoms with van der Waals surface area (Å²) >= 11 is 3.31. The molecule has 0 aromatic heterocycles. The lowest BCUT2D eigenvalue weighted by atomic mass is 10.2. The van der Waals surface area contributed by atoms with Gasteiger partial charge in [-0.1, -0.05) is 0 Å². The highest BCUT2D eigenvalue weighted by Gasteiger charge is 2.08. The van der Waals surface area contributed by atoms with Crippen molar-refractivity contribution in [1.82, 2.24) is 0 Å². The van der Waals surface area contributed by atoms with Gasteiger partial charge in [0, 0.05) is 11.6 Å². The molecule has 0 aliphatic rings. The average molecular weight is 322 g/mol. The Bertz CT molecular complexity index is 620. The predicted molar refractivity (Wildman–Crippen MR) is 75.6 cm³/mol. The van der Waals surface area contributed by atoms with Crippen molar-refractivity contribution in [2.75, 3.05) is 0 Å². The quantitative estimate of drug-likeness (QED) is 0.910. The molecule has 5 heteroatoms. The molecule has 2 aromatic carbocycles. The Balaban J connectivity index is 2.30. The van der Waals surface area contributed by atoms with Crippen molar-refractivity contribution in [3.8, 4) is 17.2 Å². The third-order valence-corrected chi connectivity index (χ3v) is 3.10. The lowest BCUT2D eigenvalue weighted by Crippen LogP contribution is -2.10. The molecule has 1 amide bonds. The van der Waals surface area contributed by atoms with Crippen LogP contribution in [0.3, 0.4) is 0 Å². The number of carbonyl (C=O) groups is 1. The molecule has 0 spiro atoms. The summed E-state index contributed by atoms with van der Waals surface area (Å²) in [7, 11) is 0. The van der Waals surface area contributed by atoms with Gasteiger partial charge in [-0.2, -0.15) is 0 Å². The van der Waals surface area contributed by atoms with E-state index >= 15 is 0 Å². The first kappa shape index (κ1) is 13.4. The van der Waals surface area contributed by atoms with Crippen LogP contribution in [0.1, 0.15) is 15.9 Å². The maximum absolute atomic E-state index is 11.0. The second kappa shape index (κ2) is 5.32. The monoisotopic (exact) mass is 321 g/mol. The van der Waals surface area contributed by atoms with Crippen molar-refractivity contribution in [2.45, 2.75) is 6.92 Å². The van der Waals surface area contributed by atoms with Gasteiger partial charge < -0.3 is 15.6 Å². The first-order valence-corrected chi connectivity index (χ1v) is 6.33. The van der Waals surface area contributed by atoms with Crippen molar-refractivity contribution in [2.24, 2.45) is 5.73 Å². The number of nitrogens with two attached hydrogens (primary N) is 1. The molecule has 0 fully saturated rings. The highest BCUT2D eigenvalue weighted by Crippen LogP contribution is 2.32. The smallest absolute Gasteiger partial charge is 0.248 e. The molecular formula is C14H12BrNO3. The molecule has 4 nitrogen and oxygen atoms in total. The number of hydrogen-bond donors (Lipinski definition) is 2. The van der Waals surface area contributed by atoms with E-state index in [0.717, 1.165) is 5.56 Å². The minimum absolute atomic E-state index is 0.139. The summed E-state index contributed by atoms with van der Waals surface area (Å²) in [5.74, 6) is 0.695. The van der Waals surface area contributed by atoms with E-state index in [1.54, 1.807) is 30.3 Å². The van der Waals surface area contributed by atoms with Crippen molar-refractivity contribution in [1.29, 1.82) is 0 Å². The third-order valence-electron chi connectivity index (χ3n) is 2.48. The van der Waals surface area contributed by atoms with Crippen LogP contribution in [0.4, 0.5) is 0 Å². The van der Waals surface area contributed by atoms with Crippen LogP contribution in [0.15, 0.2) is 40.9 Å². The van der Waals surface area contributed by atoms with Gasteiger partial charge in [0.15, 0.2) is 0 Å². The second-order valence-electron chi connectivity index (χ2n) is 4.12. The fraction of sp³-hybridized carbons (Fsp3) is 0.0714. The van der Waals surface area contributed by atoms with E-state index in [9.17, 15) is 9.90 Å². The summed E-state index contributed by atoms with van der Waals surface area (Å²) in [6.45, 7) is 1.86. The number of aryl methyl sites for hydroxylation is 1. The highest BCUT2D eigenvalue weighted by molar-refractivity contribution is 9.10. The van der Waals surface area contributed by atoms with Gasteiger partial charge in [0.1, 0.15) is 17.2 Å². The molecule has 98 valence electrons. The number of aromatic hydroxyl groups is 1. The van der Waals surface area contributed by atoms with Crippen LogP contribution in [0.2, 0.25) is 0 Å². The van der Waals surface area contributed by atoms with Crippen molar-refractivity contribution >= 4 is 21.8 Å². The maximum Gasteiger partial charge on any atom is 0.248 e. The fourth-order valence-corrected chi connectivity index (χ4v) is 2.11. The van der Waals surface area contributed by atoms with Gasteiger partial charge in [0.2, 0.25) is 5.91 Å². The first-order valence-electron chi connectivity index (χ1n) is 5.53. The Hall–Kier alpha value is -2.01. The van der Waals surface area contributed by atoms with Gasteiger partial charge >= 0.3 is 0 Å². The second-order valence-corrected chi connectivity index (χ2v) is 4.97. The molecule has 0 unspecified atom stereocenters. The zero-order valence-corrected chi connectivity index (χ0v) is 11.8. The van der Waals surface area contributed by atoms with Crippen LogP contribution in [-0.4, -0.2) is 11.0 Å². The number of ether oxygens (including phenoxy) is 1.